The number of anilines is 1. The van der Waals surface area contributed by atoms with Crippen LogP contribution in [0.3, 0.4) is 0 Å². The zero-order chi connectivity index (χ0) is 14.8. The number of benzene rings is 2. The molecule has 0 aromatic heterocycles. The Morgan fingerprint density at radius 1 is 1.14 bits per heavy atom. The predicted octanol–water partition coefficient (Wildman–Crippen LogP) is 2.71. The quantitative estimate of drug-likeness (QED) is 0.911. The first-order valence-corrected chi connectivity index (χ1v) is 6.72. The van der Waals surface area contributed by atoms with E-state index < -0.39 is 11.9 Å². The second kappa shape index (κ2) is 5.54. The molecule has 0 saturated carbocycles. The summed E-state index contributed by atoms with van der Waals surface area (Å²) in [6.45, 7) is 0.185. The van der Waals surface area contributed by atoms with Gasteiger partial charge in [-0.25, -0.2) is 0 Å². The van der Waals surface area contributed by atoms with Gasteiger partial charge in [0.1, 0.15) is 6.04 Å². The second-order valence-corrected chi connectivity index (χ2v) is 5.04. The Kier molecular flexibility index (Phi) is 3.58. The van der Waals surface area contributed by atoms with E-state index in [2.05, 4.69) is 5.32 Å². The number of carbonyl (C=O) groups excluding carboxylic acids is 1. The smallest absolute Gasteiger partial charge is 0.244 e. The SMILES string of the molecule is NC(=O)C(Nc1ccc(Cl)cc1)c1ccc2c(c1)OCO2. The van der Waals surface area contributed by atoms with Crippen LogP contribution in [0.2, 0.25) is 5.02 Å². The molecule has 1 amide bonds. The number of hydrogen-bond donors (Lipinski definition) is 2. The first-order valence-electron chi connectivity index (χ1n) is 6.34. The molecular formula is C15H13ClN2O3. The number of amides is 1. The summed E-state index contributed by atoms with van der Waals surface area (Å²) in [7, 11) is 0. The third kappa shape index (κ3) is 2.87. The van der Waals surface area contributed by atoms with E-state index in [1.807, 2.05) is 0 Å². The molecule has 3 rings (SSSR count). The summed E-state index contributed by atoms with van der Waals surface area (Å²) in [5, 5.41) is 3.71. The van der Waals surface area contributed by atoms with E-state index >= 15 is 0 Å². The van der Waals surface area contributed by atoms with Crippen molar-refractivity contribution >= 4 is 23.2 Å². The van der Waals surface area contributed by atoms with Crippen LogP contribution < -0.4 is 20.5 Å². The number of ether oxygens (including phenoxy) is 2. The van der Waals surface area contributed by atoms with Crippen molar-refractivity contribution in [2.75, 3.05) is 12.1 Å². The number of nitrogens with two attached hydrogens (primary N) is 1. The highest BCUT2D eigenvalue weighted by molar-refractivity contribution is 6.30. The molecule has 21 heavy (non-hydrogen) atoms. The van der Waals surface area contributed by atoms with Crippen LogP contribution in [0.25, 0.3) is 0 Å². The lowest BCUT2D eigenvalue weighted by Gasteiger charge is -2.17. The van der Waals surface area contributed by atoms with Gasteiger partial charge in [0.25, 0.3) is 0 Å². The third-order valence-corrected chi connectivity index (χ3v) is 3.42. The highest BCUT2D eigenvalue weighted by atomic mass is 35.5. The summed E-state index contributed by atoms with van der Waals surface area (Å²) in [5.74, 6) is 0.786. The van der Waals surface area contributed by atoms with E-state index in [1.165, 1.54) is 0 Å². The molecule has 0 bridgehead atoms. The number of primary amides is 1. The van der Waals surface area contributed by atoms with Gasteiger partial charge < -0.3 is 20.5 Å². The van der Waals surface area contributed by atoms with Gasteiger partial charge in [-0.15, -0.1) is 0 Å². The summed E-state index contributed by atoms with van der Waals surface area (Å²) < 4.78 is 10.6. The van der Waals surface area contributed by atoms with E-state index in [-0.39, 0.29) is 6.79 Å². The van der Waals surface area contributed by atoms with E-state index in [4.69, 9.17) is 26.8 Å². The van der Waals surface area contributed by atoms with Gasteiger partial charge in [-0.3, -0.25) is 4.79 Å². The summed E-state index contributed by atoms with van der Waals surface area (Å²) in [6.07, 6.45) is 0. The van der Waals surface area contributed by atoms with Gasteiger partial charge in [0, 0.05) is 10.7 Å². The molecule has 1 atom stereocenters. The zero-order valence-electron chi connectivity index (χ0n) is 11.0. The molecule has 0 spiro atoms. The Morgan fingerprint density at radius 2 is 1.86 bits per heavy atom. The summed E-state index contributed by atoms with van der Waals surface area (Å²) >= 11 is 5.84. The average Bonchev–Trinajstić information content (AvgIpc) is 2.93. The molecule has 2 aromatic carbocycles. The third-order valence-electron chi connectivity index (χ3n) is 3.17. The van der Waals surface area contributed by atoms with Crippen LogP contribution in [0.5, 0.6) is 11.5 Å². The number of halogens is 1. The molecular weight excluding hydrogens is 292 g/mol. The first kappa shape index (κ1) is 13.6. The number of hydrogen-bond acceptors (Lipinski definition) is 4. The Labute approximate surface area is 126 Å². The minimum Gasteiger partial charge on any atom is -0.454 e. The van der Waals surface area contributed by atoms with Crippen molar-refractivity contribution in [2.24, 2.45) is 5.73 Å². The summed E-state index contributed by atoms with van der Waals surface area (Å²) in [6, 6.07) is 11.7. The minimum atomic E-state index is -0.666. The molecule has 0 fully saturated rings. The fourth-order valence-corrected chi connectivity index (χ4v) is 2.25. The van der Waals surface area contributed by atoms with E-state index in [0.717, 1.165) is 5.69 Å². The lowest BCUT2D eigenvalue weighted by molar-refractivity contribution is -0.118. The van der Waals surface area contributed by atoms with Crippen molar-refractivity contribution in [1.29, 1.82) is 0 Å². The van der Waals surface area contributed by atoms with Gasteiger partial charge in [0.15, 0.2) is 11.5 Å². The van der Waals surface area contributed by atoms with Crippen LogP contribution in [0, 0.1) is 0 Å². The first-order chi connectivity index (χ1) is 10.1. The Bertz CT molecular complexity index is 673. The number of fused-ring (bicyclic) bond motifs is 1. The molecule has 5 nitrogen and oxygen atoms in total. The van der Waals surface area contributed by atoms with Crippen molar-refractivity contribution in [3.05, 3.63) is 53.1 Å². The highest BCUT2D eigenvalue weighted by Gasteiger charge is 2.21. The minimum absolute atomic E-state index is 0.185. The molecule has 3 N–H and O–H groups in total. The monoisotopic (exact) mass is 304 g/mol. The van der Waals surface area contributed by atoms with Gasteiger partial charge in [0.2, 0.25) is 12.7 Å². The zero-order valence-corrected chi connectivity index (χ0v) is 11.8. The molecule has 1 unspecified atom stereocenters. The van der Waals surface area contributed by atoms with Gasteiger partial charge in [-0.1, -0.05) is 17.7 Å². The van der Waals surface area contributed by atoms with Crippen LogP contribution in [-0.4, -0.2) is 12.7 Å². The van der Waals surface area contributed by atoms with Crippen molar-refractivity contribution in [3.63, 3.8) is 0 Å². The molecule has 108 valence electrons. The van der Waals surface area contributed by atoms with E-state index in [9.17, 15) is 4.79 Å². The van der Waals surface area contributed by atoms with Crippen LogP contribution >= 0.6 is 11.6 Å². The molecule has 1 aliphatic rings. The average molecular weight is 305 g/mol. The van der Waals surface area contributed by atoms with Crippen LogP contribution in [0.15, 0.2) is 42.5 Å². The van der Waals surface area contributed by atoms with Gasteiger partial charge in [-0.05, 0) is 42.0 Å². The molecule has 0 aliphatic carbocycles. The number of nitrogens with one attached hydrogen (secondary N) is 1. The molecule has 1 aliphatic heterocycles. The van der Waals surface area contributed by atoms with Gasteiger partial charge >= 0.3 is 0 Å². The highest BCUT2D eigenvalue weighted by Crippen LogP contribution is 2.35. The second-order valence-electron chi connectivity index (χ2n) is 4.60. The van der Waals surface area contributed by atoms with E-state index in [1.54, 1.807) is 42.5 Å². The summed E-state index contributed by atoms with van der Waals surface area (Å²) in [5.41, 5.74) is 6.95. The topological polar surface area (TPSA) is 73.6 Å². The molecule has 1 heterocycles. The largest absolute Gasteiger partial charge is 0.454 e. The van der Waals surface area contributed by atoms with Crippen LogP contribution in [-0.2, 0) is 4.79 Å². The molecule has 0 saturated heterocycles. The van der Waals surface area contributed by atoms with Crippen molar-refractivity contribution < 1.29 is 14.3 Å². The van der Waals surface area contributed by atoms with Crippen molar-refractivity contribution in [1.82, 2.24) is 0 Å². The Morgan fingerprint density at radius 3 is 2.57 bits per heavy atom. The van der Waals surface area contributed by atoms with Gasteiger partial charge in [0.05, 0.1) is 0 Å². The maximum absolute atomic E-state index is 11.7. The predicted molar refractivity (Wildman–Crippen MR) is 79.6 cm³/mol. The normalized spacial score (nSPS) is 13.8. The lowest BCUT2D eigenvalue weighted by Crippen LogP contribution is -2.27. The maximum Gasteiger partial charge on any atom is 0.244 e. The maximum atomic E-state index is 11.7. The fraction of sp³-hybridized carbons (Fsp3) is 0.133. The molecule has 0 radical (unpaired) electrons. The fourth-order valence-electron chi connectivity index (χ4n) is 2.12. The van der Waals surface area contributed by atoms with Gasteiger partial charge in [-0.2, -0.15) is 0 Å². The van der Waals surface area contributed by atoms with Crippen molar-refractivity contribution in [2.45, 2.75) is 6.04 Å². The van der Waals surface area contributed by atoms with Crippen LogP contribution in [0.1, 0.15) is 11.6 Å². The molecule has 2 aromatic rings. The summed E-state index contributed by atoms with van der Waals surface area (Å²) in [4.78, 5) is 11.7. The van der Waals surface area contributed by atoms with E-state index in [0.29, 0.717) is 22.1 Å². The number of carbonyl (C=O) groups is 1. The Hall–Kier alpha value is -2.40. The lowest BCUT2D eigenvalue weighted by atomic mass is 10.1. The Balaban J connectivity index is 1.87. The molecule has 6 heteroatoms. The number of rotatable bonds is 4. The standard InChI is InChI=1S/C15H13ClN2O3/c16-10-2-4-11(5-3-10)18-14(15(17)19)9-1-6-12-13(7-9)21-8-20-12/h1-7,14,18H,8H2,(H2,17,19). The van der Waals surface area contributed by atoms with Crippen LogP contribution in [0.4, 0.5) is 5.69 Å². The van der Waals surface area contributed by atoms with Crippen molar-refractivity contribution in [3.8, 4) is 11.5 Å².